The van der Waals surface area contributed by atoms with E-state index in [2.05, 4.69) is 12.6 Å². The van der Waals surface area contributed by atoms with Crippen LogP contribution < -0.4 is 4.74 Å². The van der Waals surface area contributed by atoms with Crippen LogP contribution in [0.2, 0.25) is 0 Å². The molecule has 0 aromatic heterocycles. The molecular weight excluding hydrogens is 186 g/mol. The molecule has 15 heavy (non-hydrogen) atoms. The van der Waals surface area contributed by atoms with E-state index in [4.69, 9.17) is 10.00 Å². The number of benzene rings is 1. The molecule has 0 saturated heterocycles. The summed E-state index contributed by atoms with van der Waals surface area (Å²) in [6.07, 6.45) is 1.73. The fraction of sp³-hybridized carbons (Fsp3) is 0.308. The van der Waals surface area contributed by atoms with Gasteiger partial charge in [-0.1, -0.05) is 12.7 Å². The molecular formula is C13H15NO. The van der Waals surface area contributed by atoms with E-state index in [-0.39, 0.29) is 6.10 Å². The molecule has 0 bridgehead atoms. The minimum atomic E-state index is -0.0182. The van der Waals surface area contributed by atoms with Crippen LogP contribution in [0.3, 0.4) is 0 Å². The summed E-state index contributed by atoms with van der Waals surface area (Å²) in [5.74, 6) is 0.849. The smallest absolute Gasteiger partial charge is 0.126 e. The molecule has 1 aromatic carbocycles. The second-order valence-electron chi connectivity index (χ2n) is 3.61. The third-order valence-corrected chi connectivity index (χ3v) is 2.23. The van der Waals surface area contributed by atoms with E-state index in [1.165, 1.54) is 0 Å². The number of hydrogen-bond donors (Lipinski definition) is 0. The van der Waals surface area contributed by atoms with Gasteiger partial charge in [0.2, 0.25) is 0 Å². The van der Waals surface area contributed by atoms with Crippen molar-refractivity contribution in [3.8, 4) is 11.8 Å². The van der Waals surface area contributed by atoms with E-state index in [9.17, 15) is 0 Å². The molecule has 0 aliphatic heterocycles. The monoisotopic (exact) mass is 201 g/mol. The summed E-state index contributed by atoms with van der Waals surface area (Å²) in [5.41, 5.74) is 2.64. The molecule has 2 nitrogen and oxygen atoms in total. The average molecular weight is 201 g/mol. The van der Waals surface area contributed by atoms with Gasteiger partial charge in [-0.2, -0.15) is 5.26 Å². The normalized spacial score (nSPS) is 11.6. The Bertz CT molecular complexity index is 392. The maximum Gasteiger partial charge on any atom is 0.126 e. The summed E-state index contributed by atoms with van der Waals surface area (Å²) in [7, 11) is 0. The Balaban J connectivity index is 3.09. The van der Waals surface area contributed by atoms with Crippen molar-refractivity contribution in [2.75, 3.05) is 0 Å². The molecule has 1 atom stereocenters. The van der Waals surface area contributed by atoms with E-state index in [0.717, 1.165) is 16.9 Å². The first-order valence-electron chi connectivity index (χ1n) is 4.89. The Morgan fingerprint density at radius 1 is 1.40 bits per heavy atom. The molecule has 0 fully saturated rings. The second kappa shape index (κ2) is 4.65. The van der Waals surface area contributed by atoms with E-state index in [0.29, 0.717) is 5.56 Å². The number of ether oxygens (including phenoxy) is 1. The van der Waals surface area contributed by atoms with Crippen molar-refractivity contribution in [3.05, 3.63) is 41.5 Å². The minimum Gasteiger partial charge on any atom is -0.486 e. The van der Waals surface area contributed by atoms with Gasteiger partial charge < -0.3 is 4.74 Å². The average Bonchev–Trinajstić information content (AvgIpc) is 2.22. The van der Waals surface area contributed by atoms with Gasteiger partial charge in [0.25, 0.3) is 0 Å². The Kier molecular flexibility index (Phi) is 3.51. The SMILES string of the molecule is C=CC(C)Oc1c(C)cc(C#N)cc1C. The van der Waals surface area contributed by atoms with Crippen LogP contribution in [0.1, 0.15) is 23.6 Å². The first kappa shape index (κ1) is 11.3. The van der Waals surface area contributed by atoms with E-state index >= 15 is 0 Å². The van der Waals surface area contributed by atoms with Crippen molar-refractivity contribution in [3.63, 3.8) is 0 Å². The summed E-state index contributed by atoms with van der Waals surface area (Å²) in [4.78, 5) is 0. The van der Waals surface area contributed by atoms with Gasteiger partial charge in [0.05, 0.1) is 11.6 Å². The van der Waals surface area contributed by atoms with Gasteiger partial charge in [0, 0.05) is 0 Å². The number of aryl methyl sites for hydroxylation is 2. The Morgan fingerprint density at radius 2 is 1.93 bits per heavy atom. The van der Waals surface area contributed by atoms with Crippen LogP contribution in [0.5, 0.6) is 5.75 Å². The molecule has 78 valence electrons. The van der Waals surface area contributed by atoms with Gasteiger partial charge >= 0.3 is 0 Å². The summed E-state index contributed by atoms with van der Waals surface area (Å²) in [5, 5.41) is 8.80. The molecule has 1 unspecified atom stereocenters. The van der Waals surface area contributed by atoms with Crippen LogP contribution in [0.15, 0.2) is 24.8 Å². The largest absolute Gasteiger partial charge is 0.486 e. The van der Waals surface area contributed by atoms with Crippen molar-refractivity contribution in [2.24, 2.45) is 0 Å². The molecule has 1 aromatic rings. The number of hydrogen-bond acceptors (Lipinski definition) is 2. The molecule has 0 N–H and O–H groups in total. The lowest BCUT2D eigenvalue weighted by Gasteiger charge is -2.15. The Morgan fingerprint density at radius 3 is 2.33 bits per heavy atom. The van der Waals surface area contributed by atoms with Crippen molar-refractivity contribution >= 4 is 0 Å². The van der Waals surface area contributed by atoms with E-state index in [1.807, 2.05) is 32.9 Å². The lowest BCUT2D eigenvalue weighted by atomic mass is 10.1. The van der Waals surface area contributed by atoms with Gasteiger partial charge in [-0.05, 0) is 44.0 Å². The van der Waals surface area contributed by atoms with Crippen molar-refractivity contribution < 1.29 is 4.74 Å². The van der Waals surface area contributed by atoms with Crippen LogP contribution in [-0.2, 0) is 0 Å². The Hall–Kier alpha value is -1.75. The zero-order valence-corrected chi connectivity index (χ0v) is 9.37. The third-order valence-electron chi connectivity index (χ3n) is 2.23. The topological polar surface area (TPSA) is 33.0 Å². The zero-order chi connectivity index (χ0) is 11.4. The van der Waals surface area contributed by atoms with Crippen LogP contribution in [0.25, 0.3) is 0 Å². The van der Waals surface area contributed by atoms with E-state index < -0.39 is 0 Å². The highest BCUT2D eigenvalue weighted by Gasteiger charge is 2.08. The lowest BCUT2D eigenvalue weighted by Crippen LogP contribution is -2.09. The summed E-state index contributed by atoms with van der Waals surface area (Å²) < 4.78 is 5.70. The standard InChI is InChI=1S/C13H15NO/c1-5-11(4)15-13-9(2)6-12(8-14)7-10(13)3/h5-7,11H,1H2,2-4H3. The third kappa shape index (κ3) is 2.60. The van der Waals surface area contributed by atoms with Crippen LogP contribution in [0, 0.1) is 25.2 Å². The molecule has 0 aliphatic carbocycles. The quantitative estimate of drug-likeness (QED) is 0.704. The van der Waals surface area contributed by atoms with Crippen molar-refractivity contribution in [2.45, 2.75) is 26.9 Å². The number of nitrogens with zero attached hydrogens (tertiary/aromatic N) is 1. The zero-order valence-electron chi connectivity index (χ0n) is 9.37. The highest BCUT2D eigenvalue weighted by Crippen LogP contribution is 2.25. The fourth-order valence-electron chi connectivity index (χ4n) is 1.43. The summed E-state index contributed by atoms with van der Waals surface area (Å²) >= 11 is 0. The molecule has 1 rings (SSSR count). The first-order chi connectivity index (χ1) is 7.08. The van der Waals surface area contributed by atoms with Gasteiger partial charge in [0.1, 0.15) is 11.9 Å². The fourth-order valence-corrected chi connectivity index (χ4v) is 1.43. The number of rotatable bonds is 3. The summed E-state index contributed by atoms with van der Waals surface area (Å²) in [6, 6.07) is 5.79. The Labute approximate surface area is 90.8 Å². The summed E-state index contributed by atoms with van der Waals surface area (Å²) in [6.45, 7) is 9.49. The lowest BCUT2D eigenvalue weighted by molar-refractivity contribution is 0.266. The minimum absolute atomic E-state index is 0.0182. The molecule has 0 radical (unpaired) electrons. The van der Waals surface area contributed by atoms with Gasteiger partial charge in [-0.25, -0.2) is 0 Å². The molecule has 0 heterocycles. The highest BCUT2D eigenvalue weighted by atomic mass is 16.5. The van der Waals surface area contributed by atoms with Crippen molar-refractivity contribution in [1.82, 2.24) is 0 Å². The molecule has 0 spiro atoms. The predicted molar refractivity (Wildman–Crippen MR) is 60.9 cm³/mol. The van der Waals surface area contributed by atoms with Crippen LogP contribution in [-0.4, -0.2) is 6.10 Å². The number of nitriles is 1. The van der Waals surface area contributed by atoms with Crippen LogP contribution >= 0.6 is 0 Å². The molecule has 0 amide bonds. The van der Waals surface area contributed by atoms with Gasteiger partial charge in [-0.15, -0.1) is 0 Å². The van der Waals surface area contributed by atoms with E-state index in [1.54, 1.807) is 6.08 Å². The van der Waals surface area contributed by atoms with Gasteiger partial charge in [-0.3, -0.25) is 0 Å². The first-order valence-corrected chi connectivity index (χ1v) is 4.89. The maximum absolute atomic E-state index is 8.80. The maximum atomic E-state index is 8.80. The molecule has 2 heteroatoms. The predicted octanol–water partition coefficient (Wildman–Crippen LogP) is 3.13. The molecule has 0 saturated carbocycles. The molecule has 0 aliphatic rings. The second-order valence-corrected chi connectivity index (χ2v) is 3.61. The highest BCUT2D eigenvalue weighted by molar-refractivity contribution is 5.47. The van der Waals surface area contributed by atoms with Crippen LogP contribution in [0.4, 0.5) is 0 Å². The van der Waals surface area contributed by atoms with Gasteiger partial charge in [0.15, 0.2) is 0 Å². The van der Waals surface area contributed by atoms with Crippen molar-refractivity contribution in [1.29, 1.82) is 5.26 Å².